The Morgan fingerprint density at radius 1 is 1.39 bits per heavy atom. The van der Waals surface area contributed by atoms with Crippen LogP contribution in [-0.4, -0.2) is 29.6 Å². The fourth-order valence-corrected chi connectivity index (χ4v) is 3.54. The lowest BCUT2D eigenvalue weighted by atomic mass is 10.3. The number of nitrogen functional groups attached to an aromatic ring is 1. The van der Waals surface area contributed by atoms with E-state index in [4.69, 9.17) is 10.7 Å². The molecule has 2 aromatic rings. The SMILES string of the molecule is CCN(c1nc2ccc(N)cc2s1)N1CCCC1. The molecule has 96 valence electrons. The van der Waals surface area contributed by atoms with E-state index in [0.29, 0.717) is 0 Å². The molecule has 3 rings (SSSR count). The largest absolute Gasteiger partial charge is 0.399 e. The Labute approximate surface area is 111 Å². The molecular weight excluding hydrogens is 244 g/mol. The standard InChI is InChI=1S/C13H18N4S/c1-2-17(16-7-3-4-8-16)13-15-11-6-5-10(14)9-12(11)18-13/h5-6,9H,2-4,7-8,14H2,1H3. The Morgan fingerprint density at radius 3 is 2.89 bits per heavy atom. The number of hydrogen-bond acceptors (Lipinski definition) is 5. The van der Waals surface area contributed by atoms with Crippen molar-refractivity contribution in [2.75, 3.05) is 30.4 Å². The first kappa shape index (κ1) is 11.7. The zero-order valence-electron chi connectivity index (χ0n) is 10.6. The van der Waals surface area contributed by atoms with Gasteiger partial charge in [0.2, 0.25) is 5.13 Å². The summed E-state index contributed by atoms with van der Waals surface area (Å²) in [5.74, 6) is 0. The van der Waals surface area contributed by atoms with Gasteiger partial charge in [-0.2, -0.15) is 0 Å². The first-order chi connectivity index (χ1) is 8.78. The molecule has 0 bridgehead atoms. The smallest absolute Gasteiger partial charge is 0.201 e. The second-order valence-corrected chi connectivity index (χ2v) is 5.61. The molecule has 1 aliphatic rings. The number of anilines is 2. The average Bonchev–Trinajstić information content (AvgIpc) is 2.98. The van der Waals surface area contributed by atoms with Crippen molar-refractivity contribution in [1.82, 2.24) is 9.99 Å². The molecule has 2 N–H and O–H groups in total. The van der Waals surface area contributed by atoms with Gasteiger partial charge in [0, 0.05) is 25.3 Å². The van der Waals surface area contributed by atoms with Crippen LogP contribution < -0.4 is 10.7 Å². The number of nitrogens with zero attached hydrogens (tertiary/aromatic N) is 3. The van der Waals surface area contributed by atoms with Crippen LogP contribution in [-0.2, 0) is 0 Å². The fourth-order valence-electron chi connectivity index (χ4n) is 2.44. The van der Waals surface area contributed by atoms with Crippen molar-refractivity contribution in [1.29, 1.82) is 0 Å². The highest BCUT2D eigenvalue weighted by molar-refractivity contribution is 7.22. The fraction of sp³-hybridized carbons (Fsp3) is 0.462. The lowest BCUT2D eigenvalue weighted by molar-refractivity contribution is 0.312. The third-order valence-corrected chi connectivity index (χ3v) is 4.38. The van der Waals surface area contributed by atoms with E-state index < -0.39 is 0 Å². The molecule has 1 aliphatic heterocycles. The molecule has 1 aromatic carbocycles. The van der Waals surface area contributed by atoms with Crippen molar-refractivity contribution in [3.05, 3.63) is 18.2 Å². The van der Waals surface area contributed by atoms with Gasteiger partial charge < -0.3 is 5.73 Å². The maximum atomic E-state index is 5.82. The highest BCUT2D eigenvalue weighted by Crippen LogP contribution is 2.31. The van der Waals surface area contributed by atoms with Crippen LogP contribution in [0.5, 0.6) is 0 Å². The summed E-state index contributed by atoms with van der Waals surface area (Å²) in [6.45, 7) is 5.44. The number of fused-ring (bicyclic) bond motifs is 1. The minimum absolute atomic E-state index is 0.807. The average molecular weight is 262 g/mol. The van der Waals surface area contributed by atoms with Gasteiger partial charge in [0.15, 0.2) is 0 Å². The molecule has 0 atom stereocenters. The molecule has 0 radical (unpaired) electrons. The van der Waals surface area contributed by atoms with Gasteiger partial charge in [-0.25, -0.2) is 9.99 Å². The molecule has 4 nitrogen and oxygen atoms in total. The Hall–Kier alpha value is -1.33. The molecule has 2 heterocycles. The van der Waals surface area contributed by atoms with Crippen LogP contribution in [0.1, 0.15) is 19.8 Å². The van der Waals surface area contributed by atoms with Gasteiger partial charge in [0.25, 0.3) is 0 Å². The van der Waals surface area contributed by atoms with Crippen molar-refractivity contribution in [2.45, 2.75) is 19.8 Å². The van der Waals surface area contributed by atoms with E-state index >= 15 is 0 Å². The predicted octanol–water partition coefficient (Wildman–Crippen LogP) is 2.72. The Morgan fingerprint density at radius 2 is 2.17 bits per heavy atom. The maximum absolute atomic E-state index is 5.82. The minimum Gasteiger partial charge on any atom is -0.399 e. The quantitative estimate of drug-likeness (QED) is 0.864. The second kappa shape index (κ2) is 4.74. The van der Waals surface area contributed by atoms with Crippen LogP contribution in [0.15, 0.2) is 18.2 Å². The molecular formula is C13H18N4S. The van der Waals surface area contributed by atoms with Crippen molar-refractivity contribution in [3.63, 3.8) is 0 Å². The number of nitrogens with two attached hydrogens (primary N) is 1. The monoisotopic (exact) mass is 262 g/mol. The molecule has 0 spiro atoms. The summed E-state index contributed by atoms with van der Waals surface area (Å²) >= 11 is 1.72. The van der Waals surface area contributed by atoms with E-state index in [-0.39, 0.29) is 0 Å². The molecule has 1 saturated heterocycles. The molecule has 5 heteroatoms. The summed E-state index contributed by atoms with van der Waals surface area (Å²) in [7, 11) is 0. The van der Waals surface area contributed by atoms with Crippen molar-refractivity contribution >= 4 is 32.4 Å². The Kier molecular flexibility index (Phi) is 3.09. The lowest BCUT2D eigenvalue weighted by Gasteiger charge is -2.29. The summed E-state index contributed by atoms with van der Waals surface area (Å²) in [4.78, 5) is 4.72. The zero-order valence-corrected chi connectivity index (χ0v) is 11.4. The van der Waals surface area contributed by atoms with E-state index in [1.807, 2.05) is 18.2 Å². The van der Waals surface area contributed by atoms with Crippen molar-refractivity contribution in [2.24, 2.45) is 0 Å². The van der Waals surface area contributed by atoms with E-state index in [0.717, 1.165) is 36.0 Å². The van der Waals surface area contributed by atoms with Crippen LogP contribution in [0, 0.1) is 0 Å². The number of hydrazine groups is 1. The van der Waals surface area contributed by atoms with E-state index in [9.17, 15) is 0 Å². The first-order valence-corrected chi connectivity index (χ1v) is 7.28. The number of hydrogen-bond donors (Lipinski definition) is 1. The van der Waals surface area contributed by atoms with Gasteiger partial charge in [-0.3, -0.25) is 5.01 Å². The highest BCUT2D eigenvalue weighted by Gasteiger charge is 2.21. The van der Waals surface area contributed by atoms with Crippen LogP contribution in [0.2, 0.25) is 0 Å². The zero-order chi connectivity index (χ0) is 12.5. The van der Waals surface area contributed by atoms with Gasteiger partial charge >= 0.3 is 0 Å². The Balaban J connectivity index is 1.96. The summed E-state index contributed by atoms with van der Waals surface area (Å²) < 4.78 is 1.17. The number of aromatic nitrogens is 1. The molecule has 0 unspecified atom stereocenters. The van der Waals surface area contributed by atoms with E-state index in [1.165, 1.54) is 17.5 Å². The van der Waals surface area contributed by atoms with Crippen molar-refractivity contribution < 1.29 is 0 Å². The first-order valence-electron chi connectivity index (χ1n) is 6.46. The topological polar surface area (TPSA) is 45.4 Å². The van der Waals surface area contributed by atoms with Crippen LogP contribution in [0.3, 0.4) is 0 Å². The normalized spacial score (nSPS) is 16.5. The molecule has 1 fully saturated rings. The summed E-state index contributed by atoms with van der Waals surface area (Å²) in [5.41, 5.74) is 7.67. The van der Waals surface area contributed by atoms with Gasteiger partial charge in [-0.05, 0) is 38.0 Å². The number of rotatable bonds is 3. The summed E-state index contributed by atoms with van der Waals surface area (Å²) in [6.07, 6.45) is 2.57. The van der Waals surface area contributed by atoms with Crippen LogP contribution >= 0.6 is 11.3 Å². The van der Waals surface area contributed by atoms with Gasteiger partial charge in [-0.15, -0.1) is 0 Å². The summed E-state index contributed by atoms with van der Waals surface area (Å²) in [5, 5.41) is 5.79. The van der Waals surface area contributed by atoms with Gasteiger partial charge in [-0.1, -0.05) is 11.3 Å². The van der Waals surface area contributed by atoms with Crippen molar-refractivity contribution in [3.8, 4) is 0 Å². The second-order valence-electron chi connectivity index (χ2n) is 4.60. The molecule has 0 amide bonds. The Bertz CT molecular complexity index is 545. The lowest BCUT2D eigenvalue weighted by Crippen LogP contribution is -2.40. The van der Waals surface area contributed by atoms with E-state index in [2.05, 4.69) is 16.9 Å². The number of benzene rings is 1. The molecule has 18 heavy (non-hydrogen) atoms. The third kappa shape index (κ3) is 2.04. The van der Waals surface area contributed by atoms with Gasteiger partial charge in [0.1, 0.15) is 0 Å². The minimum atomic E-state index is 0.807. The van der Waals surface area contributed by atoms with Gasteiger partial charge in [0.05, 0.1) is 10.2 Å². The third-order valence-electron chi connectivity index (χ3n) is 3.35. The summed E-state index contributed by atoms with van der Waals surface area (Å²) in [6, 6.07) is 5.93. The predicted molar refractivity (Wildman–Crippen MR) is 77.9 cm³/mol. The van der Waals surface area contributed by atoms with Crippen LogP contribution in [0.25, 0.3) is 10.2 Å². The van der Waals surface area contributed by atoms with E-state index in [1.54, 1.807) is 11.3 Å². The maximum Gasteiger partial charge on any atom is 0.201 e. The number of thiazole rings is 1. The highest BCUT2D eigenvalue weighted by atomic mass is 32.1. The van der Waals surface area contributed by atoms with Crippen LogP contribution in [0.4, 0.5) is 10.8 Å². The molecule has 1 aromatic heterocycles. The molecule has 0 saturated carbocycles. The molecule has 0 aliphatic carbocycles.